The highest BCUT2D eigenvalue weighted by molar-refractivity contribution is 5.90. The molecule has 1 atom stereocenters. The van der Waals surface area contributed by atoms with Crippen molar-refractivity contribution in [1.29, 1.82) is 0 Å². The van der Waals surface area contributed by atoms with Gasteiger partial charge in [0.25, 0.3) is 0 Å². The first kappa shape index (κ1) is 12.2. The lowest BCUT2D eigenvalue weighted by Crippen LogP contribution is -2.22. The summed E-state index contributed by atoms with van der Waals surface area (Å²) in [7, 11) is 0. The van der Waals surface area contributed by atoms with Gasteiger partial charge in [0.2, 0.25) is 0 Å². The van der Waals surface area contributed by atoms with Gasteiger partial charge in [-0.2, -0.15) is 0 Å². The van der Waals surface area contributed by atoms with E-state index in [-0.39, 0.29) is 11.8 Å². The molecule has 1 aromatic rings. The first-order chi connectivity index (χ1) is 9.08. The summed E-state index contributed by atoms with van der Waals surface area (Å²) in [4.78, 5) is 11.8. The minimum Gasteiger partial charge on any atom is -0.486 e. The maximum Gasteiger partial charge on any atom is 0.337 e. The molecule has 2 aliphatic rings. The molecular formula is C15H15FO3. The second-order valence-corrected chi connectivity index (χ2v) is 5.16. The Morgan fingerprint density at radius 1 is 1.26 bits per heavy atom. The third-order valence-electron chi connectivity index (χ3n) is 3.68. The number of hydrogen-bond donors (Lipinski definition) is 0. The number of ether oxygens (including phenoxy) is 2. The Morgan fingerprint density at radius 2 is 2.00 bits per heavy atom. The van der Waals surface area contributed by atoms with Gasteiger partial charge in [0.1, 0.15) is 17.2 Å². The van der Waals surface area contributed by atoms with E-state index >= 15 is 0 Å². The largest absolute Gasteiger partial charge is 0.486 e. The fourth-order valence-corrected chi connectivity index (χ4v) is 2.64. The van der Waals surface area contributed by atoms with E-state index in [0.29, 0.717) is 18.6 Å². The molecule has 0 bridgehead atoms. The number of halogens is 1. The summed E-state index contributed by atoms with van der Waals surface area (Å²) < 4.78 is 24.1. The average Bonchev–Trinajstić information content (AvgIpc) is 2.65. The van der Waals surface area contributed by atoms with E-state index in [9.17, 15) is 9.18 Å². The summed E-state index contributed by atoms with van der Waals surface area (Å²) in [6, 6.07) is 6.22. The fraction of sp³-hybridized carbons (Fsp3) is 0.400. The van der Waals surface area contributed by atoms with Crippen molar-refractivity contribution in [2.75, 3.05) is 6.61 Å². The van der Waals surface area contributed by atoms with Gasteiger partial charge in [-0.15, -0.1) is 0 Å². The molecule has 0 saturated carbocycles. The molecule has 0 aromatic heterocycles. The van der Waals surface area contributed by atoms with E-state index in [2.05, 4.69) is 0 Å². The van der Waals surface area contributed by atoms with Gasteiger partial charge in [-0.3, -0.25) is 0 Å². The Bertz CT molecular complexity index is 547. The van der Waals surface area contributed by atoms with Crippen LogP contribution in [0.2, 0.25) is 0 Å². The summed E-state index contributed by atoms with van der Waals surface area (Å²) >= 11 is 0. The predicted molar refractivity (Wildman–Crippen MR) is 66.7 cm³/mol. The van der Waals surface area contributed by atoms with Gasteiger partial charge >= 0.3 is 5.97 Å². The molecule has 0 N–H and O–H groups in total. The average molecular weight is 262 g/mol. The number of rotatable bonds is 1. The molecule has 0 amide bonds. The van der Waals surface area contributed by atoms with Crippen LogP contribution in [0.3, 0.4) is 0 Å². The smallest absolute Gasteiger partial charge is 0.337 e. The van der Waals surface area contributed by atoms with Crippen molar-refractivity contribution in [2.45, 2.75) is 31.8 Å². The van der Waals surface area contributed by atoms with Crippen LogP contribution >= 0.6 is 0 Å². The number of esters is 1. The van der Waals surface area contributed by atoms with E-state index in [1.54, 1.807) is 12.1 Å². The summed E-state index contributed by atoms with van der Waals surface area (Å²) in [6.07, 6.45) is 1.98. The van der Waals surface area contributed by atoms with Crippen LogP contribution in [-0.4, -0.2) is 12.6 Å². The lowest BCUT2D eigenvalue weighted by molar-refractivity contribution is -0.139. The number of hydrogen-bond acceptors (Lipinski definition) is 3. The third kappa shape index (κ3) is 2.11. The molecular weight excluding hydrogens is 247 g/mol. The van der Waals surface area contributed by atoms with Crippen molar-refractivity contribution < 1.29 is 18.7 Å². The van der Waals surface area contributed by atoms with Crippen LogP contribution in [0.25, 0.3) is 0 Å². The molecule has 100 valence electrons. The van der Waals surface area contributed by atoms with Crippen LogP contribution in [0.5, 0.6) is 0 Å². The van der Waals surface area contributed by atoms with Gasteiger partial charge in [0.05, 0.1) is 12.2 Å². The Hall–Kier alpha value is -1.84. The number of carbonyl (C=O) groups excluding carboxylic acids is 1. The van der Waals surface area contributed by atoms with Crippen molar-refractivity contribution in [2.24, 2.45) is 0 Å². The van der Waals surface area contributed by atoms with Crippen molar-refractivity contribution in [3.05, 3.63) is 47.0 Å². The highest BCUT2D eigenvalue weighted by Gasteiger charge is 2.41. The van der Waals surface area contributed by atoms with Gasteiger partial charge in [-0.05, 0) is 31.0 Å². The van der Waals surface area contributed by atoms with Crippen molar-refractivity contribution in [1.82, 2.24) is 0 Å². The molecule has 2 aliphatic heterocycles. The molecule has 19 heavy (non-hydrogen) atoms. The van der Waals surface area contributed by atoms with Crippen LogP contribution in [0, 0.1) is 5.82 Å². The van der Waals surface area contributed by atoms with E-state index in [4.69, 9.17) is 9.47 Å². The number of cyclic esters (lactones) is 1. The maximum absolute atomic E-state index is 13.0. The Balaban J connectivity index is 1.90. The lowest BCUT2D eigenvalue weighted by atomic mass is 9.90. The van der Waals surface area contributed by atoms with Gasteiger partial charge in [-0.25, -0.2) is 9.18 Å². The normalized spacial score (nSPS) is 26.5. The Morgan fingerprint density at radius 3 is 2.74 bits per heavy atom. The molecule has 4 heteroatoms. The zero-order valence-electron chi connectivity index (χ0n) is 10.7. The highest BCUT2D eigenvalue weighted by Crippen LogP contribution is 2.44. The molecule has 1 aromatic carbocycles. The Labute approximate surface area is 111 Å². The first-order valence-corrected chi connectivity index (χ1v) is 6.43. The van der Waals surface area contributed by atoms with Crippen LogP contribution < -0.4 is 0 Å². The van der Waals surface area contributed by atoms with Crippen molar-refractivity contribution in [3.63, 3.8) is 0 Å². The lowest BCUT2D eigenvalue weighted by Gasteiger charge is -2.26. The number of carbonyl (C=O) groups is 1. The molecule has 1 unspecified atom stereocenters. The van der Waals surface area contributed by atoms with Crippen molar-refractivity contribution >= 4 is 5.97 Å². The van der Waals surface area contributed by atoms with E-state index in [0.717, 1.165) is 24.2 Å². The number of allylic oxidation sites excluding steroid dienone is 1. The summed E-state index contributed by atoms with van der Waals surface area (Å²) in [5.74, 6) is 0.173. The molecule has 2 heterocycles. The zero-order valence-corrected chi connectivity index (χ0v) is 10.7. The SMILES string of the molecule is CC1(c2ccc(F)cc2)CC2=C(CCCOC2=O)O1. The summed E-state index contributed by atoms with van der Waals surface area (Å²) in [6.45, 7) is 2.37. The molecule has 0 spiro atoms. The van der Waals surface area contributed by atoms with Crippen molar-refractivity contribution in [3.8, 4) is 0 Å². The van der Waals surface area contributed by atoms with Gasteiger partial charge < -0.3 is 9.47 Å². The zero-order chi connectivity index (χ0) is 13.5. The van der Waals surface area contributed by atoms with Crippen LogP contribution in [0.15, 0.2) is 35.6 Å². The Kier molecular flexibility index (Phi) is 2.81. The van der Waals surface area contributed by atoms with E-state index < -0.39 is 5.60 Å². The van der Waals surface area contributed by atoms with Crippen LogP contribution in [0.1, 0.15) is 31.7 Å². The predicted octanol–water partition coefficient (Wildman–Crippen LogP) is 3.05. The molecule has 0 saturated heterocycles. The molecule has 0 radical (unpaired) electrons. The molecule has 3 nitrogen and oxygen atoms in total. The minimum atomic E-state index is -0.602. The summed E-state index contributed by atoms with van der Waals surface area (Å²) in [5.41, 5.74) is 0.897. The summed E-state index contributed by atoms with van der Waals surface area (Å²) in [5, 5.41) is 0. The van der Waals surface area contributed by atoms with Gasteiger partial charge in [0, 0.05) is 12.8 Å². The monoisotopic (exact) mass is 262 g/mol. The molecule has 3 rings (SSSR count). The van der Waals surface area contributed by atoms with Gasteiger partial charge in [-0.1, -0.05) is 12.1 Å². The van der Waals surface area contributed by atoms with E-state index in [1.807, 2.05) is 6.92 Å². The second-order valence-electron chi connectivity index (χ2n) is 5.16. The van der Waals surface area contributed by atoms with E-state index in [1.165, 1.54) is 12.1 Å². The molecule has 0 fully saturated rings. The van der Waals surface area contributed by atoms with Crippen LogP contribution in [0.4, 0.5) is 4.39 Å². The third-order valence-corrected chi connectivity index (χ3v) is 3.68. The topological polar surface area (TPSA) is 35.5 Å². The standard InChI is InChI=1S/C15H15FO3/c1-15(10-4-6-11(16)7-5-10)9-12-13(19-15)3-2-8-18-14(12)17/h4-7H,2-3,8-9H2,1H3. The first-order valence-electron chi connectivity index (χ1n) is 6.43. The maximum atomic E-state index is 13.0. The fourth-order valence-electron chi connectivity index (χ4n) is 2.64. The van der Waals surface area contributed by atoms with Crippen LogP contribution in [-0.2, 0) is 19.9 Å². The molecule has 0 aliphatic carbocycles. The number of benzene rings is 1. The minimum absolute atomic E-state index is 0.278. The second kappa shape index (κ2) is 4.37. The highest BCUT2D eigenvalue weighted by atomic mass is 19.1. The quantitative estimate of drug-likeness (QED) is 0.730. The van der Waals surface area contributed by atoms with Gasteiger partial charge in [0.15, 0.2) is 0 Å².